The number of ether oxygens (including phenoxy) is 2. The summed E-state index contributed by atoms with van der Waals surface area (Å²) < 4.78 is 11.0. The van der Waals surface area contributed by atoms with Crippen molar-refractivity contribution < 1.29 is 19.1 Å². The molecule has 0 amide bonds. The highest BCUT2D eigenvalue weighted by atomic mass is 16.5. The van der Waals surface area contributed by atoms with E-state index in [1.807, 2.05) is 6.92 Å². The fourth-order valence-electron chi connectivity index (χ4n) is 1.88. The van der Waals surface area contributed by atoms with E-state index in [2.05, 4.69) is 15.0 Å². The zero-order valence-electron chi connectivity index (χ0n) is 13.0. The third kappa shape index (κ3) is 3.65. The Kier molecular flexibility index (Phi) is 5.29. The lowest BCUT2D eigenvalue weighted by molar-refractivity contribution is 0.0499. The molecule has 1 heterocycles. The molecule has 122 valence electrons. The highest BCUT2D eigenvalue weighted by molar-refractivity contribution is 5.92. The third-order valence-electron chi connectivity index (χ3n) is 3.14. The molecule has 0 unspecified atom stereocenters. The number of nitrogens with two attached hydrogens (primary N) is 1. The summed E-state index contributed by atoms with van der Waals surface area (Å²) in [6, 6.07) is 6.56. The molecule has 1 aromatic heterocycles. The number of carbonyl (C=O) groups is 2. The van der Waals surface area contributed by atoms with Crippen molar-refractivity contribution in [2.24, 2.45) is 0 Å². The minimum atomic E-state index is -0.677. The number of nitrogens with zero attached hydrogens (tertiary/aromatic N) is 3. The van der Waals surface area contributed by atoms with Gasteiger partial charge in [0.2, 0.25) is 5.69 Å². The largest absolute Gasteiger partial charge is 0.464 e. The Hall–Kier alpha value is -2.90. The molecule has 0 fully saturated rings. The molecule has 2 aromatic rings. The first-order chi connectivity index (χ1) is 11.1. The minimum Gasteiger partial charge on any atom is -0.464 e. The van der Waals surface area contributed by atoms with Crippen LogP contribution < -0.4 is 5.73 Å². The van der Waals surface area contributed by atoms with Crippen molar-refractivity contribution in [3.05, 3.63) is 35.5 Å². The van der Waals surface area contributed by atoms with E-state index in [1.165, 1.54) is 11.8 Å². The third-order valence-corrected chi connectivity index (χ3v) is 3.14. The normalized spacial score (nSPS) is 10.3. The summed E-state index contributed by atoms with van der Waals surface area (Å²) in [6.07, 6.45) is 1.75. The van der Waals surface area contributed by atoms with Gasteiger partial charge in [-0.05, 0) is 24.6 Å². The van der Waals surface area contributed by atoms with E-state index < -0.39 is 11.9 Å². The van der Waals surface area contributed by atoms with E-state index in [9.17, 15) is 9.59 Å². The number of methoxy groups -OCH3 is 1. The Bertz CT molecular complexity index is 711. The molecule has 23 heavy (non-hydrogen) atoms. The van der Waals surface area contributed by atoms with Crippen LogP contribution in [-0.4, -0.2) is 40.6 Å². The molecule has 8 nitrogen and oxygen atoms in total. The summed E-state index contributed by atoms with van der Waals surface area (Å²) in [5.74, 6) is -1.07. The topological polar surface area (TPSA) is 109 Å². The number of unbranched alkanes of at least 4 members (excludes halogenated alkanes) is 1. The summed E-state index contributed by atoms with van der Waals surface area (Å²) >= 11 is 0. The highest BCUT2D eigenvalue weighted by Crippen LogP contribution is 2.17. The monoisotopic (exact) mass is 318 g/mol. The minimum absolute atomic E-state index is 0.0355. The van der Waals surface area contributed by atoms with Gasteiger partial charge in [0.05, 0.1) is 25.0 Å². The van der Waals surface area contributed by atoms with Crippen molar-refractivity contribution in [2.75, 3.05) is 19.5 Å². The van der Waals surface area contributed by atoms with E-state index in [0.29, 0.717) is 17.9 Å². The Labute approximate surface area is 133 Å². The lowest BCUT2D eigenvalue weighted by Gasteiger charge is -2.07. The number of carbonyl (C=O) groups excluding carboxylic acids is 2. The molecule has 0 aliphatic heterocycles. The van der Waals surface area contributed by atoms with Gasteiger partial charge >= 0.3 is 11.9 Å². The number of esters is 2. The number of anilines is 1. The summed E-state index contributed by atoms with van der Waals surface area (Å²) in [4.78, 5) is 23.5. The maximum Gasteiger partial charge on any atom is 0.362 e. The average Bonchev–Trinajstić information content (AvgIpc) is 2.96. The van der Waals surface area contributed by atoms with Crippen molar-refractivity contribution in [2.45, 2.75) is 19.8 Å². The van der Waals surface area contributed by atoms with Crippen LogP contribution in [0.5, 0.6) is 0 Å². The molecule has 2 N–H and O–H groups in total. The van der Waals surface area contributed by atoms with Crippen molar-refractivity contribution in [3.8, 4) is 5.69 Å². The van der Waals surface area contributed by atoms with Gasteiger partial charge in [0.1, 0.15) is 0 Å². The molecule has 0 radical (unpaired) electrons. The van der Waals surface area contributed by atoms with E-state index >= 15 is 0 Å². The second-order valence-electron chi connectivity index (χ2n) is 4.77. The molecule has 8 heteroatoms. The van der Waals surface area contributed by atoms with Crippen molar-refractivity contribution in [1.82, 2.24) is 15.0 Å². The first-order valence-corrected chi connectivity index (χ1v) is 7.15. The van der Waals surface area contributed by atoms with E-state index in [4.69, 9.17) is 10.5 Å². The van der Waals surface area contributed by atoms with Crippen LogP contribution in [0.1, 0.15) is 40.6 Å². The number of hydrogen-bond donors (Lipinski definition) is 1. The van der Waals surface area contributed by atoms with Gasteiger partial charge in [0.25, 0.3) is 0 Å². The number of hydrogen-bond acceptors (Lipinski definition) is 7. The lowest BCUT2D eigenvalue weighted by atomic mass is 10.2. The first kappa shape index (κ1) is 16.5. The second kappa shape index (κ2) is 7.39. The molecule has 0 saturated heterocycles. The first-order valence-electron chi connectivity index (χ1n) is 7.15. The lowest BCUT2D eigenvalue weighted by Crippen LogP contribution is -2.09. The predicted octanol–water partition coefficient (Wildman–Crippen LogP) is 1.59. The number of nitrogen functional groups attached to an aromatic ring is 1. The number of aromatic nitrogens is 3. The Balaban J connectivity index is 2.25. The zero-order valence-corrected chi connectivity index (χ0v) is 13.0. The summed E-state index contributed by atoms with van der Waals surface area (Å²) in [5.41, 5.74) is 6.64. The van der Waals surface area contributed by atoms with Crippen LogP contribution in [0.2, 0.25) is 0 Å². The van der Waals surface area contributed by atoms with Gasteiger partial charge in [-0.25, -0.2) is 9.59 Å². The van der Waals surface area contributed by atoms with Gasteiger partial charge < -0.3 is 15.2 Å². The summed E-state index contributed by atoms with van der Waals surface area (Å²) in [5, 5.41) is 7.51. The smallest absolute Gasteiger partial charge is 0.362 e. The highest BCUT2D eigenvalue weighted by Gasteiger charge is 2.19. The Morgan fingerprint density at radius 1 is 1.30 bits per heavy atom. The van der Waals surface area contributed by atoms with E-state index in [-0.39, 0.29) is 11.5 Å². The molecule has 0 spiro atoms. The maximum absolute atomic E-state index is 12.0. The van der Waals surface area contributed by atoms with E-state index in [1.54, 1.807) is 24.3 Å². The van der Waals surface area contributed by atoms with Crippen molar-refractivity contribution in [3.63, 3.8) is 0 Å². The molecule has 1 aromatic carbocycles. The quantitative estimate of drug-likeness (QED) is 0.636. The Morgan fingerprint density at radius 2 is 2.09 bits per heavy atom. The number of benzene rings is 1. The van der Waals surface area contributed by atoms with Gasteiger partial charge in [-0.15, -0.1) is 5.10 Å². The number of rotatable bonds is 6. The van der Waals surface area contributed by atoms with Gasteiger partial charge in [-0.1, -0.05) is 24.6 Å². The fourth-order valence-corrected chi connectivity index (χ4v) is 1.88. The van der Waals surface area contributed by atoms with Gasteiger partial charge in [0.15, 0.2) is 5.82 Å². The zero-order chi connectivity index (χ0) is 16.8. The SMILES string of the molecule is CCCCOC(=O)c1cccc(-n2nnc(C(=O)OC)c2N)c1. The van der Waals surface area contributed by atoms with Gasteiger partial charge in [-0.2, -0.15) is 4.68 Å². The molecule has 0 aliphatic rings. The van der Waals surface area contributed by atoms with Crippen molar-refractivity contribution >= 4 is 17.8 Å². The second-order valence-corrected chi connectivity index (χ2v) is 4.77. The molecule has 0 aliphatic carbocycles. The Morgan fingerprint density at radius 3 is 2.78 bits per heavy atom. The van der Waals surface area contributed by atoms with Crippen LogP contribution in [0.15, 0.2) is 24.3 Å². The molecular weight excluding hydrogens is 300 g/mol. The molecular formula is C15H18N4O4. The van der Waals surface area contributed by atoms with Crippen LogP contribution in [0.3, 0.4) is 0 Å². The van der Waals surface area contributed by atoms with Crippen LogP contribution in [0.25, 0.3) is 5.69 Å². The van der Waals surface area contributed by atoms with Crippen LogP contribution in [0.4, 0.5) is 5.82 Å². The molecule has 0 bridgehead atoms. The average molecular weight is 318 g/mol. The molecule has 0 atom stereocenters. The van der Waals surface area contributed by atoms with Gasteiger partial charge in [0, 0.05) is 0 Å². The fraction of sp³-hybridized carbons (Fsp3) is 0.333. The predicted molar refractivity (Wildman–Crippen MR) is 82.3 cm³/mol. The van der Waals surface area contributed by atoms with Crippen molar-refractivity contribution in [1.29, 1.82) is 0 Å². The van der Waals surface area contributed by atoms with Crippen LogP contribution in [-0.2, 0) is 9.47 Å². The maximum atomic E-state index is 12.0. The molecule has 0 saturated carbocycles. The summed E-state index contributed by atoms with van der Waals surface area (Å²) in [6.45, 7) is 2.39. The molecule has 2 rings (SSSR count). The van der Waals surface area contributed by atoms with E-state index in [0.717, 1.165) is 12.8 Å². The van der Waals surface area contributed by atoms with Gasteiger partial charge in [-0.3, -0.25) is 0 Å². The van der Waals surface area contributed by atoms with Crippen LogP contribution >= 0.6 is 0 Å². The summed E-state index contributed by atoms with van der Waals surface area (Å²) in [7, 11) is 1.23. The van der Waals surface area contributed by atoms with Crippen LogP contribution in [0, 0.1) is 0 Å². The standard InChI is InChI=1S/C15H18N4O4/c1-3-4-8-23-14(20)10-6-5-7-11(9-10)19-13(16)12(17-18-19)15(21)22-2/h5-7,9H,3-4,8,16H2,1-2H3.